The molecule has 0 unspecified atom stereocenters. The smallest absolute Gasteiger partial charge is 0.325 e. The van der Waals surface area contributed by atoms with E-state index in [9.17, 15) is 9.59 Å². The molecule has 0 aliphatic heterocycles. The van der Waals surface area contributed by atoms with Gasteiger partial charge in [0.15, 0.2) is 0 Å². The van der Waals surface area contributed by atoms with E-state index in [4.69, 9.17) is 12.3 Å². The zero-order chi connectivity index (χ0) is 11.8. The van der Waals surface area contributed by atoms with E-state index < -0.39 is 24.0 Å². The van der Waals surface area contributed by atoms with Crippen molar-refractivity contribution in [3.63, 3.8) is 0 Å². The van der Waals surface area contributed by atoms with Crippen LogP contribution in [0.15, 0.2) is 0 Å². The van der Waals surface area contributed by atoms with Gasteiger partial charge in [0.25, 0.3) is 0 Å². The van der Waals surface area contributed by atoms with Gasteiger partial charge < -0.3 is 21.9 Å². The van der Waals surface area contributed by atoms with Crippen LogP contribution in [0.3, 0.4) is 0 Å². The summed E-state index contributed by atoms with van der Waals surface area (Å²) < 4.78 is 6.92. The molecule has 0 aromatic heterocycles. The number of hydrogen-bond donors (Lipinski definition) is 4. The molecule has 0 spiro atoms. The summed E-state index contributed by atoms with van der Waals surface area (Å²) >= 11 is 0. The predicted octanol–water partition coefficient (Wildman–Crippen LogP) is -1.36. The third-order valence-corrected chi connectivity index (χ3v) is 1.74. The van der Waals surface area contributed by atoms with Gasteiger partial charge >= 0.3 is 5.97 Å². The lowest BCUT2D eigenvalue weighted by molar-refractivity contribution is -0.141. The third kappa shape index (κ3) is 4.78. The highest BCUT2D eigenvalue weighted by Gasteiger charge is 2.18. The first-order chi connectivity index (χ1) is 7.02. The first-order valence-corrected chi connectivity index (χ1v) is 4.43. The van der Waals surface area contributed by atoms with Crippen LogP contribution in [0, 0.1) is 0 Å². The Kier molecular flexibility index (Phi) is 4.95. The van der Waals surface area contributed by atoms with Crippen molar-refractivity contribution in [2.24, 2.45) is 11.5 Å². The molecule has 0 aliphatic carbocycles. The topological polar surface area (TPSA) is 118 Å². The number of nitrogens with one attached hydrogen (secondary N) is 1. The van der Waals surface area contributed by atoms with Crippen molar-refractivity contribution in [2.75, 3.05) is 6.54 Å². The summed E-state index contributed by atoms with van der Waals surface area (Å²) in [7, 11) is 0. The molecule has 14 heavy (non-hydrogen) atoms. The van der Waals surface area contributed by atoms with Crippen LogP contribution >= 0.6 is 0 Å². The SMILES string of the molecule is [2H]N[C@@H](CCCN)C(=O)N[C@@H](C)C(=O)O. The van der Waals surface area contributed by atoms with Crippen molar-refractivity contribution in [3.8, 4) is 0 Å². The molecule has 0 saturated carbocycles. The molecule has 1 amide bonds. The molecule has 0 saturated heterocycles. The normalized spacial score (nSPS) is 15.4. The minimum absolute atomic E-state index is 0.415. The number of aliphatic carboxylic acids is 1. The predicted molar refractivity (Wildman–Crippen MR) is 51.5 cm³/mol. The summed E-state index contributed by atoms with van der Waals surface area (Å²) in [6.45, 7) is 1.80. The zero-order valence-corrected chi connectivity index (χ0v) is 8.12. The number of nitrogens with two attached hydrogens (primary N) is 2. The molecular formula is C8H17N3O3. The van der Waals surface area contributed by atoms with Crippen molar-refractivity contribution in [3.05, 3.63) is 0 Å². The Labute approximate surface area is 84.1 Å². The van der Waals surface area contributed by atoms with Crippen LogP contribution in [-0.2, 0) is 9.59 Å². The summed E-state index contributed by atoms with van der Waals surface area (Å²) in [4.78, 5) is 21.9. The maximum Gasteiger partial charge on any atom is 0.325 e. The molecule has 0 fully saturated rings. The van der Waals surface area contributed by atoms with Crippen LogP contribution in [0.5, 0.6) is 0 Å². The van der Waals surface area contributed by atoms with Gasteiger partial charge in [0.05, 0.1) is 6.04 Å². The highest BCUT2D eigenvalue weighted by atomic mass is 16.4. The summed E-state index contributed by atoms with van der Waals surface area (Å²) in [6.07, 6.45) is 1.02. The lowest BCUT2D eigenvalue weighted by Crippen LogP contribution is -2.47. The average molecular weight is 204 g/mol. The molecule has 0 aliphatic rings. The quantitative estimate of drug-likeness (QED) is 0.408. The molecule has 2 atom stereocenters. The number of hydrogen-bond acceptors (Lipinski definition) is 4. The Balaban J connectivity index is 4.09. The van der Waals surface area contributed by atoms with Crippen molar-refractivity contribution < 1.29 is 16.1 Å². The third-order valence-electron chi connectivity index (χ3n) is 1.74. The van der Waals surface area contributed by atoms with E-state index in [-0.39, 0.29) is 0 Å². The van der Waals surface area contributed by atoms with Crippen LogP contribution in [0.4, 0.5) is 0 Å². The Bertz CT molecular complexity index is 225. The van der Waals surface area contributed by atoms with E-state index in [1.165, 1.54) is 6.92 Å². The Morgan fingerprint density at radius 1 is 1.64 bits per heavy atom. The fourth-order valence-corrected chi connectivity index (χ4v) is 0.829. The second-order valence-electron chi connectivity index (χ2n) is 3.05. The Hall–Kier alpha value is -1.14. The molecule has 0 rings (SSSR count). The monoisotopic (exact) mass is 204 g/mol. The Morgan fingerprint density at radius 2 is 2.29 bits per heavy atom. The number of amides is 1. The van der Waals surface area contributed by atoms with Gasteiger partial charge in [0.1, 0.15) is 7.45 Å². The second kappa shape index (κ2) is 6.33. The zero-order valence-electron chi connectivity index (χ0n) is 9.12. The number of carboxylic acid groups (broad SMARTS) is 1. The van der Waals surface area contributed by atoms with Gasteiger partial charge in [0.2, 0.25) is 5.91 Å². The van der Waals surface area contributed by atoms with Crippen molar-refractivity contribution >= 4 is 11.9 Å². The van der Waals surface area contributed by atoms with Gasteiger partial charge in [-0.25, -0.2) is 0 Å². The van der Waals surface area contributed by atoms with Crippen molar-refractivity contribution in [2.45, 2.75) is 31.8 Å². The average Bonchev–Trinajstić information content (AvgIpc) is 2.18. The molecular weight excluding hydrogens is 186 g/mol. The summed E-state index contributed by atoms with van der Waals surface area (Å²) in [5.41, 5.74) is 7.34. The molecule has 0 aromatic rings. The van der Waals surface area contributed by atoms with E-state index in [2.05, 4.69) is 11.0 Å². The minimum Gasteiger partial charge on any atom is -0.480 e. The molecule has 0 bridgehead atoms. The minimum atomic E-state index is -1.11. The number of carboxylic acids is 1. The molecule has 6 N–H and O–H groups in total. The lowest BCUT2D eigenvalue weighted by atomic mass is 10.1. The molecule has 82 valence electrons. The highest BCUT2D eigenvalue weighted by molar-refractivity contribution is 5.86. The van der Waals surface area contributed by atoms with E-state index in [0.29, 0.717) is 19.4 Å². The van der Waals surface area contributed by atoms with E-state index in [0.717, 1.165) is 0 Å². The van der Waals surface area contributed by atoms with Crippen LogP contribution in [0.25, 0.3) is 0 Å². The van der Waals surface area contributed by atoms with Crippen LogP contribution < -0.4 is 16.8 Å². The summed E-state index contributed by atoms with van der Waals surface area (Å²) in [5, 5.41) is 10.8. The first kappa shape index (κ1) is 10.9. The van der Waals surface area contributed by atoms with Crippen molar-refractivity contribution in [1.82, 2.24) is 5.32 Å². The fraction of sp³-hybridized carbons (Fsp3) is 0.750. The fourth-order valence-electron chi connectivity index (χ4n) is 0.829. The summed E-state index contributed by atoms with van der Waals surface area (Å²) in [5.74, 6) is -1.60. The number of carbonyl (C=O) groups is 2. The largest absolute Gasteiger partial charge is 0.480 e. The van der Waals surface area contributed by atoms with E-state index in [1.807, 2.05) is 0 Å². The maximum atomic E-state index is 11.4. The first-order valence-electron chi connectivity index (χ1n) is 4.93. The molecule has 0 heterocycles. The van der Waals surface area contributed by atoms with E-state index >= 15 is 0 Å². The lowest BCUT2D eigenvalue weighted by Gasteiger charge is -2.14. The van der Waals surface area contributed by atoms with Crippen LogP contribution in [-0.4, -0.2) is 35.6 Å². The standard InChI is InChI=1S/C8H17N3O3/c1-5(8(13)14)11-7(12)6(10)3-2-4-9/h5-6H,2-4,9-10H2,1H3,(H,11,12)(H,13,14)/t5-,6-/m0/s1/i/hD. The number of rotatable bonds is 7. The van der Waals surface area contributed by atoms with Crippen molar-refractivity contribution in [1.29, 1.82) is 0 Å². The van der Waals surface area contributed by atoms with Crippen LogP contribution in [0.2, 0.25) is 1.41 Å². The van der Waals surface area contributed by atoms with Gasteiger partial charge in [-0.2, -0.15) is 0 Å². The van der Waals surface area contributed by atoms with Gasteiger partial charge in [0, 0.05) is 0 Å². The van der Waals surface area contributed by atoms with Gasteiger partial charge in [-0.3, -0.25) is 9.59 Å². The van der Waals surface area contributed by atoms with Gasteiger partial charge in [-0.05, 0) is 26.3 Å². The molecule has 6 heteroatoms. The maximum absolute atomic E-state index is 11.4. The Morgan fingerprint density at radius 3 is 2.71 bits per heavy atom. The molecule has 0 aromatic carbocycles. The molecule has 0 radical (unpaired) electrons. The number of carbonyl (C=O) groups excluding carboxylic acids is 1. The van der Waals surface area contributed by atoms with Gasteiger partial charge in [-0.15, -0.1) is 0 Å². The summed E-state index contributed by atoms with van der Waals surface area (Å²) in [6, 6.07) is -1.67. The highest BCUT2D eigenvalue weighted by Crippen LogP contribution is 1.93. The van der Waals surface area contributed by atoms with Crippen LogP contribution in [0.1, 0.15) is 19.8 Å². The van der Waals surface area contributed by atoms with Gasteiger partial charge in [-0.1, -0.05) is 0 Å². The second-order valence-corrected chi connectivity index (χ2v) is 3.05. The van der Waals surface area contributed by atoms with E-state index in [1.54, 1.807) is 0 Å². The molecule has 6 nitrogen and oxygen atoms in total.